The Labute approximate surface area is 154 Å². The Morgan fingerprint density at radius 3 is 2.62 bits per heavy atom. The van der Waals surface area contributed by atoms with Crippen molar-refractivity contribution >= 4 is 11.2 Å². The number of pyridine rings is 1. The van der Waals surface area contributed by atoms with E-state index < -0.39 is 0 Å². The average molecular weight is 350 g/mol. The molecule has 1 aromatic carbocycles. The average Bonchev–Trinajstić information content (AvgIpc) is 3.02. The number of hydrogen-bond donors (Lipinski definition) is 1. The quantitative estimate of drug-likeness (QED) is 0.743. The zero-order valence-electron chi connectivity index (χ0n) is 15.1. The van der Waals surface area contributed by atoms with Crippen LogP contribution >= 0.6 is 0 Å². The molecule has 2 aromatic heterocycles. The smallest absolute Gasteiger partial charge is 0.160 e. The van der Waals surface area contributed by atoms with Crippen LogP contribution in [-0.4, -0.2) is 44.2 Å². The zero-order valence-corrected chi connectivity index (χ0v) is 15.1. The molecular formula is C21H26N4O. The first-order valence-corrected chi connectivity index (χ1v) is 9.51. The number of nitrogens with zero attached hydrogens (tertiary/aromatic N) is 4. The number of aliphatic hydroxyl groups excluding tert-OH is 1. The summed E-state index contributed by atoms with van der Waals surface area (Å²) in [5.41, 5.74) is 3.21. The summed E-state index contributed by atoms with van der Waals surface area (Å²) in [6.45, 7) is 4.00. The molecule has 1 saturated heterocycles. The van der Waals surface area contributed by atoms with Gasteiger partial charge in [0.1, 0.15) is 11.3 Å². The molecule has 5 heteroatoms. The molecule has 4 rings (SSSR count). The third-order valence-electron chi connectivity index (χ3n) is 5.33. The van der Waals surface area contributed by atoms with Crippen LogP contribution in [0.15, 0.2) is 48.7 Å². The summed E-state index contributed by atoms with van der Waals surface area (Å²) < 4.78 is 2.09. The summed E-state index contributed by atoms with van der Waals surface area (Å²) in [6, 6.07) is 14.6. The molecule has 0 unspecified atom stereocenters. The molecule has 5 nitrogen and oxygen atoms in total. The van der Waals surface area contributed by atoms with Crippen molar-refractivity contribution in [2.75, 3.05) is 19.7 Å². The lowest BCUT2D eigenvalue weighted by Gasteiger charge is -2.32. The second-order valence-corrected chi connectivity index (χ2v) is 7.16. The third kappa shape index (κ3) is 3.79. The van der Waals surface area contributed by atoms with Crippen LogP contribution in [0.5, 0.6) is 0 Å². The van der Waals surface area contributed by atoms with Crippen molar-refractivity contribution in [1.82, 2.24) is 19.4 Å². The molecule has 1 aliphatic heterocycles. The van der Waals surface area contributed by atoms with Crippen molar-refractivity contribution in [3.63, 3.8) is 0 Å². The largest absolute Gasteiger partial charge is 0.395 e. The van der Waals surface area contributed by atoms with Crippen LogP contribution < -0.4 is 0 Å². The van der Waals surface area contributed by atoms with E-state index in [4.69, 9.17) is 4.98 Å². The predicted molar refractivity (Wildman–Crippen MR) is 103 cm³/mol. The fourth-order valence-electron chi connectivity index (χ4n) is 3.94. The van der Waals surface area contributed by atoms with Gasteiger partial charge in [0, 0.05) is 25.7 Å². The number of likely N-dealkylation sites (tertiary alicyclic amines) is 1. The fraction of sp³-hybridized carbons (Fsp3) is 0.429. The van der Waals surface area contributed by atoms with Gasteiger partial charge in [0.2, 0.25) is 0 Å². The highest BCUT2D eigenvalue weighted by atomic mass is 16.3. The Bertz CT molecular complexity index is 838. The Kier molecular flexibility index (Phi) is 5.27. The van der Waals surface area contributed by atoms with Crippen molar-refractivity contribution in [2.45, 2.75) is 32.4 Å². The van der Waals surface area contributed by atoms with Gasteiger partial charge in [-0.3, -0.25) is 4.90 Å². The molecule has 3 heterocycles. The summed E-state index contributed by atoms with van der Waals surface area (Å²) in [5, 5.41) is 9.42. The van der Waals surface area contributed by atoms with Gasteiger partial charge in [-0.25, -0.2) is 9.97 Å². The number of imidazole rings is 1. The highest BCUT2D eigenvalue weighted by Gasteiger charge is 2.22. The van der Waals surface area contributed by atoms with Crippen LogP contribution in [0.2, 0.25) is 0 Å². The maximum absolute atomic E-state index is 9.42. The van der Waals surface area contributed by atoms with E-state index in [2.05, 4.69) is 44.8 Å². The molecule has 0 atom stereocenters. The molecule has 3 aromatic rings. The van der Waals surface area contributed by atoms with Gasteiger partial charge in [0.25, 0.3) is 0 Å². The maximum atomic E-state index is 9.42. The number of rotatable bonds is 6. The summed E-state index contributed by atoms with van der Waals surface area (Å²) in [7, 11) is 0. The summed E-state index contributed by atoms with van der Waals surface area (Å²) >= 11 is 0. The second kappa shape index (κ2) is 7.98. The van der Waals surface area contributed by atoms with E-state index in [9.17, 15) is 5.11 Å². The van der Waals surface area contributed by atoms with Crippen molar-refractivity contribution in [2.24, 2.45) is 5.92 Å². The minimum Gasteiger partial charge on any atom is -0.395 e. The second-order valence-electron chi connectivity index (χ2n) is 7.16. The highest BCUT2D eigenvalue weighted by Crippen LogP contribution is 2.24. The molecular weight excluding hydrogens is 324 g/mol. The molecule has 26 heavy (non-hydrogen) atoms. The Morgan fingerprint density at radius 2 is 1.85 bits per heavy atom. The summed E-state index contributed by atoms with van der Waals surface area (Å²) in [6.07, 6.45) is 5.16. The van der Waals surface area contributed by atoms with Gasteiger partial charge in [0.15, 0.2) is 5.65 Å². The first kappa shape index (κ1) is 17.2. The molecule has 0 aliphatic carbocycles. The number of piperidine rings is 1. The van der Waals surface area contributed by atoms with E-state index in [1.807, 2.05) is 12.1 Å². The molecule has 1 N–H and O–H groups in total. The third-order valence-corrected chi connectivity index (χ3v) is 5.33. The van der Waals surface area contributed by atoms with Crippen LogP contribution in [0.4, 0.5) is 0 Å². The number of aliphatic hydroxyl groups is 1. The number of benzene rings is 1. The molecule has 0 spiro atoms. The van der Waals surface area contributed by atoms with Gasteiger partial charge < -0.3 is 9.67 Å². The summed E-state index contributed by atoms with van der Waals surface area (Å²) in [5.74, 6) is 1.71. The molecule has 0 radical (unpaired) electrons. The van der Waals surface area contributed by atoms with E-state index in [0.29, 0.717) is 12.5 Å². The van der Waals surface area contributed by atoms with Gasteiger partial charge in [-0.15, -0.1) is 0 Å². The Balaban J connectivity index is 1.40. The molecule has 1 aliphatic rings. The van der Waals surface area contributed by atoms with Crippen LogP contribution in [-0.2, 0) is 19.5 Å². The van der Waals surface area contributed by atoms with Crippen LogP contribution in [0.3, 0.4) is 0 Å². The first-order chi connectivity index (χ1) is 12.8. The lowest BCUT2D eigenvalue weighted by atomic mass is 9.93. The zero-order chi connectivity index (χ0) is 17.8. The SMILES string of the molecule is OCCn1c(CC2CCN(Cc3ccccc3)CC2)nc2cccnc21. The number of aromatic nitrogens is 3. The number of fused-ring (bicyclic) bond motifs is 1. The van der Waals surface area contributed by atoms with Crippen molar-refractivity contribution in [1.29, 1.82) is 0 Å². The Hall–Kier alpha value is -2.24. The normalized spacial score (nSPS) is 16.3. The maximum Gasteiger partial charge on any atom is 0.160 e. The van der Waals surface area contributed by atoms with E-state index in [0.717, 1.165) is 43.0 Å². The van der Waals surface area contributed by atoms with Crippen LogP contribution in [0.25, 0.3) is 11.2 Å². The minimum atomic E-state index is 0.116. The van der Waals surface area contributed by atoms with Gasteiger partial charge in [0.05, 0.1) is 6.61 Å². The van der Waals surface area contributed by atoms with E-state index >= 15 is 0 Å². The molecule has 0 amide bonds. The van der Waals surface area contributed by atoms with E-state index in [1.165, 1.54) is 18.4 Å². The standard InChI is InChI=1S/C21H26N4O/c26-14-13-25-20(23-19-7-4-10-22-21(19)25)15-17-8-11-24(12-9-17)16-18-5-2-1-3-6-18/h1-7,10,17,26H,8-9,11-16H2. The van der Waals surface area contributed by atoms with Crippen LogP contribution in [0.1, 0.15) is 24.2 Å². The lowest BCUT2D eigenvalue weighted by Crippen LogP contribution is -2.34. The van der Waals surface area contributed by atoms with Crippen molar-refractivity contribution in [3.8, 4) is 0 Å². The van der Waals surface area contributed by atoms with Gasteiger partial charge >= 0.3 is 0 Å². The van der Waals surface area contributed by atoms with Gasteiger partial charge in [-0.2, -0.15) is 0 Å². The monoisotopic (exact) mass is 350 g/mol. The van der Waals surface area contributed by atoms with Gasteiger partial charge in [-0.05, 0) is 49.5 Å². The first-order valence-electron chi connectivity index (χ1n) is 9.51. The van der Waals surface area contributed by atoms with Crippen molar-refractivity contribution in [3.05, 3.63) is 60.0 Å². The molecule has 0 saturated carbocycles. The molecule has 136 valence electrons. The van der Waals surface area contributed by atoms with Crippen LogP contribution in [0, 0.1) is 5.92 Å². The predicted octanol–water partition coefficient (Wildman–Crippen LogP) is 2.88. The molecule has 0 bridgehead atoms. The summed E-state index contributed by atoms with van der Waals surface area (Å²) in [4.78, 5) is 11.8. The highest BCUT2D eigenvalue weighted by molar-refractivity contribution is 5.71. The van der Waals surface area contributed by atoms with E-state index in [-0.39, 0.29) is 6.61 Å². The minimum absolute atomic E-state index is 0.116. The van der Waals surface area contributed by atoms with Crippen molar-refractivity contribution < 1.29 is 5.11 Å². The topological polar surface area (TPSA) is 54.2 Å². The van der Waals surface area contributed by atoms with E-state index in [1.54, 1.807) is 6.20 Å². The fourth-order valence-corrected chi connectivity index (χ4v) is 3.94. The van der Waals surface area contributed by atoms with Gasteiger partial charge in [-0.1, -0.05) is 30.3 Å². The lowest BCUT2D eigenvalue weighted by molar-refractivity contribution is 0.175. The number of hydrogen-bond acceptors (Lipinski definition) is 4. The molecule has 1 fully saturated rings. The Morgan fingerprint density at radius 1 is 1.04 bits per heavy atom.